The SMILES string of the molecule is CCCCCCCCCCCCCCCCCC(=O)O[C@H](COC(=O)CCCCCCCCCCC(C)C)COP(=O)(O)OC[C@@H](O)COP(=O)(O)OC[C@@H](COC(=O)CCCCCCCCCC)OC(=O)CCCCCCCCC(C)C. The summed E-state index contributed by atoms with van der Waals surface area (Å²) in [7, 11) is -9.88. The highest BCUT2D eigenvalue weighted by atomic mass is 31.2. The molecular weight excluding hydrogens is 1100 g/mol. The lowest BCUT2D eigenvalue weighted by Gasteiger charge is -2.21. The topological polar surface area (TPSA) is 237 Å². The number of hydrogen-bond acceptors (Lipinski definition) is 15. The predicted octanol–water partition coefficient (Wildman–Crippen LogP) is 17.7. The lowest BCUT2D eigenvalue weighted by atomic mass is 10.0. The van der Waals surface area contributed by atoms with Crippen LogP contribution < -0.4 is 0 Å². The summed E-state index contributed by atoms with van der Waals surface area (Å²) in [6, 6.07) is 0. The van der Waals surface area contributed by atoms with Crippen molar-refractivity contribution in [3.8, 4) is 0 Å². The molecule has 492 valence electrons. The number of aliphatic hydroxyl groups excluding tert-OH is 1. The summed E-state index contributed by atoms with van der Waals surface area (Å²) in [4.78, 5) is 72.1. The number of carbonyl (C=O) groups is 4. The molecule has 5 atom stereocenters. The molecule has 2 unspecified atom stereocenters. The quantitative estimate of drug-likeness (QED) is 0.0222. The van der Waals surface area contributed by atoms with Crippen molar-refractivity contribution in [2.45, 2.75) is 336 Å². The van der Waals surface area contributed by atoms with Crippen molar-refractivity contribution in [3.05, 3.63) is 0 Å². The summed E-state index contributed by atoms with van der Waals surface area (Å²) >= 11 is 0. The molecule has 83 heavy (non-hydrogen) atoms. The second kappa shape index (κ2) is 56.6. The van der Waals surface area contributed by atoms with Crippen molar-refractivity contribution in [1.29, 1.82) is 0 Å². The maximum atomic E-state index is 13.0. The van der Waals surface area contributed by atoms with E-state index in [1.807, 2.05) is 0 Å². The van der Waals surface area contributed by atoms with E-state index in [-0.39, 0.29) is 25.7 Å². The van der Waals surface area contributed by atoms with Gasteiger partial charge < -0.3 is 33.8 Å². The molecule has 0 aromatic rings. The monoisotopic (exact) mass is 1230 g/mol. The molecule has 0 saturated carbocycles. The first-order chi connectivity index (χ1) is 39.9. The van der Waals surface area contributed by atoms with Gasteiger partial charge in [-0.3, -0.25) is 37.3 Å². The maximum Gasteiger partial charge on any atom is 0.472 e. The summed E-state index contributed by atoms with van der Waals surface area (Å²) < 4.78 is 67.9. The highest BCUT2D eigenvalue weighted by molar-refractivity contribution is 7.47. The van der Waals surface area contributed by atoms with Crippen LogP contribution in [0.25, 0.3) is 0 Å². The van der Waals surface area contributed by atoms with Gasteiger partial charge in [-0.2, -0.15) is 0 Å². The number of rotatable bonds is 63. The Balaban J connectivity index is 5.21. The Morgan fingerprint density at radius 2 is 0.554 bits per heavy atom. The van der Waals surface area contributed by atoms with E-state index in [1.54, 1.807) is 0 Å². The van der Waals surface area contributed by atoms with E-state index >= 15 is 0 Å². The van der Waals surface area contributed by atoms with E-state index < -0.39 is 97.5 Å². The molecule has 0 fully saturated rings. The maximum absolute atomic E-state index is 13.0. The van der Waals surface area contributed by atoms with Gasteiger partial charge in [0.05, 0.1) is 26.4 Å². The van der Waals surface area contributed by atoms with E-state index in [0.29, 0.717) is 31.6 Å². The first kappa shape index (κ1) is 81.1. The highest BCUT2D eigenvalue weighted by Gasteiger charge is 2.30. The molecule has 0 radical (unpaired) electrons. The third kappa shape index (κ3) is 58.8. The van der Waals surface area contributed by atoms with Gasteiger partial charge in [0.1, 0.15) is 19.3 Å². The fourth-order valence-corrected chi connectivity index (χ4v) is 11.1. The van der Waals surface area contributed by atoms with Gasteiger partial charge in [0.2, 0.25) is 0 Å². The van der Waals surface area contributed by atoms with Crippen LogP contribution in [0.1, 0.15) is 318 Å². The smallest absolute Gasteiger partial charge is 0.462 e. The molecule has 0 rings (SSSR count). The Morgan fingerprint density at radius 3 is 0.819 bits per heavy atom. The number of phosphoric acid groups is 2. The normalized spacial score (nSPS) is 14.3. The third-order valence-corrected chi connectivity index (χ3v) is 16.6. The molecule has 0 spiro atoms. The zero-order valence-corrected chi connectivity index (χ0v) is 55.3. The second-order valence-corrected chi connectivity index (χ2v) is 27.0. The van der Waals surface area contributed by atoms with Crippen molar-refractivity contribution in [3.63, 3.8) is 0 Å². The number of unbranched alkanes of at least 4 members (excludes halogenated alkanes) is 33. The molecule has 3 N–H and O–H groups in total. The highest BCUT2D eigenvalue weighted by Crippen LogP contribution is 2.45. The van der Waals surface area contributed by atoms with Crippen LogP contribution >= 0.6 is 15.6 Å². The molecule has 17 nitrogen and oxygen atoms in total. The van der Waals surface area contributed by atoms with Crippen molar-refractivity contribution in [1.82, 2.24) is 0 Å². The zero-order chi connectivity index (χ0) is 61.5. The first-order valence-corrected chi connectivity index (χ1v) is 36.5. The lowest BCUT2D eigenvalue weighted by molar-refractivity contribution is -0.161. The summed E-state index contributed by atoms with van der Waals surface area (Å²) in [5, 5.41) is 10.5. The van der Waals surface area contributed by atoms with Crippen molar-refractivity contribution < 1.29 is 80.2 Å². The summed E-state index contributed by atoms with van der Waals surface area (Å²) in [5.41, 5.74) is 0. The van der Waals surface area contributed by atoms with Gasteiger partial charge in [0.25, 0.3) is 0 Å². The molecular formula is C64H124O17P2. The van der Waals surface area contributed by atoms with E-state index in [4.69, 9.17) is 37.0 Å². The Hall–Kier alpha value is -1.94. The molecule has 0 aromatic heterocycles. The van der Waals surface area contributed by atoms with Gasteiger partial charge in [0, 0.05) is 25.7 Å². The van der Waals surface area contributed by atoms with Crippen LogP contribution in [0.2, 0.25) is 0 Å². The molecule has 0 saturated heterocycles. The molecule has 0 heterocycles. The molecule has 0 aliphatic carbocycles. The number of aliphatic hydroxyl groups is 1. The Labute approximate surface area is 505 Å². The van der Waals surface area contributed by atoms with Gasteiger partial charge in [-0.15, -0.1) is 0 Å². The summed E-state index contributed by atoms with van der Waals surface area (Å²) in [6.45, 7) is 9.35. The van der Waals surface area contributed by atoms with Crippen LogP contribution in [0.5, 0.6) is 0 Å². The molecule has 19 heteroatoms. The number of phosphoric ester groups is 2. The fourth-order valence-electron chi connectivity index (χ4n) is 9.53. The zero-order valence-electron chi connectivity index (χ0n) is 53.5. The third-order valence-electron chi connectivity index (χ3n) is 14.7. The molecule has 0 aliphatic heterocycles. The van der Waals surface area contributed by atoms with Gasteiger partial charge in [-0.25, -0.2) is 9.13 Å². The number of ether oxygens (including phenoxy) is 4. The van der Waals surface area contributed by atoms with Crippen LogP contribution in [-0.2, 0) is 65.4 Å². The minimum absolute atomic E-state index is 0.102. The Bertz CT molecular complexity index is 1630. The van der Waals surface area contributed by atoms with Crippen LogP contribution in [0, 0.1) is 11.8 Å². The lowest BCUT2D eigenvalue weighted by Crippen LogP contribution is -2.30. The van der Waals surface area contributed by atoms with Crippen molar-refractivity contribution >= 4 is 39.5 Å². The van der Waals surface area contributed by atoms with Crippen LogP contribution in [0.4, 0.5) is 0 Å². The summed E-state index contributed by atoms with van der Waals surface area (Å²) in [5.74, 6) is -0.744. The van der Waals surface area contributed by atoms with Gasteiger partial charge in [-0.1, -0.05) is 266 Å². The average molecular weight is 1230 g/mol. The minimum Gasteiger partial charge on any atom is -0.462 e. The predicted molar refractivity (Wildman–Crippen MR) is 331 cm³/mol. The van der Waals surface area contributed by atoms with E-state index in [9.17, 15) is 43.2 Å². The molecule has 0 amide bonds. The van der Waals surface area contributed by atoms with E-state index in [1.165, 1.54) is 128 Å². The molecule has 0 aromatic carbocycles. The number of esters is 4. The molecule has 0 bridgehead atoms. The largest absolute Gasteiger partial charge is 0.472 e. The van der Waals surface area contributed by atoms with Crippen molar-refractivity contribution in [2.75, 3.05) is 39.6 Å². The van der Waals surface area contributed by atoms with Gasteiger partial charge in [0.15, 0.2) is 12.2 Å². The Morgan fingerprint density at radius 1 is 0.325 bits per heavy atom. The van der Waals surface area contributed by atoms with Gasteiger partial charge >= 0.3 is 39.5 Å². The van der Waals surface area contributed by atoms with Gasteiger partial charge in [-0.05, 0) is 37.5 Å². The standard InChI is InChI=1S/C64H124O17P2/c1-7-9-11-13-15-17-18-19-20-21-22-23-29-36-42-48-63(68)80-59(52-75-62(67)47-41-35-28-25-24-26-32-38-44-56(3)4)54-78-82(70,71)76-50-58(65)51-77-83(72,73)79-55-60(53-74-61(66)46-40-34-27-16-14-12-10-8-2)81-64(69)49-43-37-31-30-33-39-45-57(5)6/h56-60,65H,7-55H2,1-6H3,(H,70,71)(H,72,73)/t58-,59-,60-/m1/s1. The minimum atomic E-state index is -4.94. The van der Waals surface area contributed by atoms with E-state index in [0.717, 1.165) is 102 Å². The number of hydrogen-bond donors (Lipinski definition) is 3. The second-order valence-electron chi connectivity index (χ2n) is 24.1. The van der Waals surface area contributed by atoms with Crippen LogP contribution in [0.15, 0.2) is 0 Å². The Kier molecular flexibility index (Phi) is 55.2. The first-order valence-electron chi connectivity index (χ1n) is 33.5. The number of carbonyl (C=O) groups excluding carboxylic acids is 4. The average Bonchev–Trinajstić information content (AvgIpc) is 3.45. The van der Waals surface area contributed by atoms with Crippen LogP contribution in [-0.4, -0.2) is 96.7 Å². The van der Waals surface area contributed by atoms with E-state index in [2.05, 4.69) is 41.5 Å². The van der Waals surface area contributed by atoms with Crippen molar-refractivity contribution in [2.24, 2.45) is 11.8 Å². The summed E-state index contributed by atoms with van der Waals surface area (Å²) in [6.07, 6.45) is 39.2. The molecule has 0 aliphatic rings. The fraction of sp³-hybridized carbons (Fsp3) is 0.938. The van der Waals surface area contributed by atoms with Crippen LogP contribution in [0.3, 0.4) is 0 Å².